The highest BCUT2D eigenvalue weighted by Crippen LogP contribution is 2.04. The molecule has 0 spiro atoms. The van der Waals surface area contributed by atoms with Crippen molar-refractivity contribution in [1.29, 1.82) is 0 Å². The van der Waals surface area contributed by atoms with Crippen molar-refractivity contribution in [3.05, 3.63) is 29.6 Å². The van der Waals surface area contributed by atoms with Gasteiger partial charge in [-0.2, -0.15) is 5.10 Å². The first kappa shape index (κ1) is 12.0. The van der Waals surface area contributed by atoms with Crippen LogP contribution in [0.1, 0.15) is 22.0 Å². The van der Waals surface area contributed by atoms with Gasteiger partial charge in [0, 0.05) is 12.7 Å². The molecule has 1 amide bonds. The van der Waals surface area contributed by atoms with Gasteiger partial charge in [0.25, 0.3) is 5.91 Å². The number of H-pyrrole nitrogens is 1. The Morgan fingerprint density at radius 3 is 2.94 bits per heavy atom. The second-order valence-corrected chi connectivity index (χ2v) is 3.58. The fraction of sp³-hybridized carbons (Fsp3) is 0.300. The van der Waals surface area contributed by atoms with E-state index in [9.17, 15) is 4.79 Å². The van der Waals surface area contributed by atoms with Crippen molar-refractivity contribution in [2.45, 2.75) is 13.5 Å². The van der Waals surface area contributed by atoms with Crippen molar-refractivity contribution < 1.29 is 4.79 Å². The molecule has 8 nitrogen and oxygen atoms in total. The summed E-state index contributed by atoms with van der Waals surface area (Å²) in [7, 11) is 1.70. The van der Waals surface area contributed by atoms with Crippen molar-refractivity contribution in [2.75, 3.05) is 12.4 Å². The van der Waals surface area contributed by atoms with Crippen molar-refractivity contribution in [3.63, 3.8) is 0 Å². The maximum atomic E-state index is 11.9. The van der Waals surface area contributed by atoms with Crippen LogP contribution in [0.15, 0.2) is 12.4 Å². The smallest absolute Gasteiger partial charge is 0.270 e. The SMILES string of the molecule is CNc1nc(C)cc(C(=O)NCc2ncn[nH]2)n1. The zero-order valence-electron chi connectivity index (χ0n) is 10.1. The van der Waals surface area contributed by atoms with E-state index in [0.717, 1.165) is 5.69 Å². The van der Waals surface area contributed by atoms with Crippen LogP contribution in [0.2, 0.25) is 0 Å². The van der Waals surface area contributed by atoms with Crippen molar-refractivity contribution in [1.82, 2.24) is 30.5 Å². The Morgan fingerprint density at radius 2 is 2.28 bits per heavy atom. The van der Waals surface area contributed by atoms with Crippen LogP contribution in [0.5, 0.6) is 0 Å². The summed E-state index contributed by atoms with van der Waals surface area (Å²) in [5.41, 5.74) is 1.03. The number of carbonyl (C=O) groups excluding carboxylic acids is 1. The molecule has 0 aliphatic heterocycles. The van der Waals surface area contributed by atoms with E-state index in [2.05, 4.69) is 35.8 Å². The molecule has 0 atom stereocenters. The minimum atomic E-state index is -0.284. The van der Waals surface area contributed by atoms with Gasteiger partial charge < -0.3 is 10.6 Å². The maximum Gasteiger partial charge on any atom is 0.270 e. The van der Waals surface area contributed by atoms with Crippen molar-refractivity contribution >= 4 is 11.9 Å². The lowest BCUT2D eigenvalue weighted by molar-refractivity contribution is 0.0945. The van der Waals surface area contributed by atoms with E-state index < -0.39 is 0 Å². The summed E-state index contributed by atoms with van der Waals surface area (Å²) in [4.78, 5) is 24.0. The molecule has 0 aromatic carbocycles. The number of hydrogen-bond acceptors (Lipinski definition) is 6. The van der Waals surface area contributed by atoms with Gasteiger partial charge in [-0.25, -0.2) is 15.0 Å². The van der Waals surface area contributed by atoms with Crippen LogP contribution in [0.25, 0.3) is 0 Å². The fourth-order valence-corrected chi connectivity index (χ4v) is 1.37. The van der Waals surface area contributed by atoms with Gasteiger partial charge in [0.1, 0.15) is 17.8 Å². The van der Waals surface area contributed by atoms with Gasteiger partial charge in [0.15, 0.2) is 0 Å². The number of aromatic amines is 1. The minimum absolute atomic E-state index is 0.275. The van der Waals surface area contributed by atoms with Crippen LogP contribution in [0.4, 0.5) is 5.95 Å². The van der Waals surface area contributed by atoms with E-state index in [0.29, 0.717) is 17.5 Å². The molecule has 0 saturated carbocycles. The second kappa shape index (κ2) is 5.21. The van der Waals surface area contributed by atoms with Gasteiger partial charge in [-0.05, 0) is 13.0 Å². The number of amides is 1. The summed E-state index contributed by atoms with van der Waals surface area (Å²) in [5, 5.41) is 11.8. The van der Waals surface area contributed by atoms with Crippen LogP contribution >= 0.6 is 0 Å². The predicted octanol–water partition coefficient (Wildman–Crippen LogP) is -0.125. The third-order valence-electron chi connectivity index (χ3n) is 2.19. The highest BCUT2D eigenvalue weighted by molar-refractivity contribution is 5.92. The quantitative estimate of drug-likeness (QED) is 0.694. The van der Waals surface area contributed by atoms with E-state index >= 15 is 0 Å². The van der Waals surface area contributed by atoms with Crippen LogP contribution < -0.4 is 10.6 Å². The van der Waals surface area contributed by atoms with Gasteiger partial charge in [-0.1, -0.05) is 0 Å². The Labute approximate surface area is 103 Å². The lowest BCUT2D eigenvalue weighted by Gasteiger charge is -2.05. The number of hydrogen-bond donors (Lipinski definition) is 3. The molecule has 2 aromatic rings. The normalized spacial score (nSPS) is 10.1. The highest BCUT2D eigenvalue weighted by Gasteiger charge is 2.10. The average molecular weight is 247 g/mol. The summed E-state index contributed by atoms with van der Waals surface area (Å²) in [5.74, 6) is 0.719. The monoisotopic (exact) mass is 247 g/mol. The van der Waals surface area contributed by atoms with Crippen LogP contribution in [-0.4, -0.2) is 38.1 Å². The van der Waals surface area contributed by atoms with Gasteiger partial charge >= 0.3 is 0 Å². The molecule has 8 heteroatoms. The summed E-state index contributed by atoms with van der Waals surface area (Å²) in [6, 6.07) is 1.62. The first-order valence-electron chi connectivity index (χ1n) is 5.35. The standard InChI is InChI=1S/C10H13N7O/c1-6-3-7(16-10(11-2)15-6)9(18)12-4-8-13-5-14-17-8/h3,5H,4H2,1-2H3,(H,12,18)(H,11,15,16)(H,13,14,17). The fourth-order valence-electron chi connectivity index (χ4n) is 1.37. The third-order valence-corrected chi connectivity index (χ3v) is 2.19. The van der Waals surface area contributed by atoms with Crippen LogP contribution in [0.3, 0.4) is 0 Å². The zero-order chi connectivity index (χ0) is 13.0. The Morgan fingerprint density at radius 1 is 1.44 bits per heavy atom. The first-order chi connectivity index (χ1) is 8.69. The van der Waals surface area contributed by atoms with Crippen LogP contribution in [0, 0.1) is 6.92 Å². The molecule has 2 rings (SSSR count). The molecule has 0 radical (unpaired) electrons. The zero-order valence-corrected chi connectivity index (χ0v) is 10.1. The highest BCUT2D eigenvalue weighted by atomic mass is 16.1. The molecule has 2 aromatic heterocycles. The van der Waals surface area contributed by atoms with E-state index in [1.807, 2.05) is 0 Å². The Hall–Kier alpha value is -2.51. The lowest BCUT2D eigenvalue weighted by Crippen LogP contribution is -2.25. The van der Waals surface area contributed by atoms with Gasteiger partial charge in [0.05, 0.1) is 6.54 Å². The van der Waals surface area contributed by atoms with E-state index in [4.69, 9.17) is 0 Å². The predicted molar refractivity (Wildman–Crippen MR) is 63.9 cm³/mol. The first-order valence-corrected chi connectivity index (χ1v) is 5.35. The summed E-state index contributed by atoms with van der Waals surface area (Å²) >= 11 is 0. The molecular weight excluding hydrogens is 234 g/mol. The average Bonchev–Trinajstić information content (AvgIpc) is 2.88. The molecule has 0 bridgehead atoms. The Bertz CT molecular complexity index is 537. The number of nitrogens with zero attached hydrogens (tertiary/aromatic N) is 4. The molecule has 0 saturated heterocycles. The molecule has 0 aliphatic carbocycles. The molecule has 0 unspecified atom stereocenters. The van der Waals surface area contributed by atoms with Gasteiger partial charge in [0.2, 0.25) is 5.95 Å². The second-order valence-electron chi connectivity index (χ2n) is 3.58. The van der Waals surface area contributed by atoms with E-state index in [-0.39, 0.29) is 12.5 Å². The molecule has 18 heavy (non-hydrogen) atoms. The Kier molecular flexibility index (Phi) is 3.46. The van der Waals surface area contributed by atoms with E-state index in [1.165, 1.54) is 6.33 Å². The number of rotatable bonds is 4. The Balaban J connectivity index is 2.06. The van der Waals surface area contributed by atoms with Crippen LogP contribution in [-0.2, 0) is 6.54 Å². The topological polar surface area (TPSA) is 108 Å². The minimum Gasteiger partial charge on any atom is -0.357 e. The summed E-state index contributed by atoms with van der Waals surface area (Å²) in [6.07, 6.45) is 1.38. The molecule has 3 N–H and O–H groups in total. The number of aryl methyl sites for hydroxylation is 1. The molecule has 2 heterocycles. The largest absolute Gasteiger partial charge is 0.357 e. The summed E-state index contributed by atoms with van der Waals surface area (Å²) in [6.45, 7) is 2.08. The lowest BCUT2D eigenvalue weighted by atomic mass is 10.3. The van der Waals surface area contributed by atoms with Crippen molar-refractivity contribution in [3.8, 4) is 0 Å². The maximum absolute atomic E-state index is 11.9. The third kappa shape index (κ3) is 2.78. The van der Waals surface area contributed by atoms with Gasteiger partial charge in [-0.3, -0.25) is 9.89 Å². The molecule has 0 fully saturated rings. The molecule has 94 valence electrons. The molecule has 0 aliphatic rings. The number of aromatic nitrogens is 5. The summed E-state index contributed by atoms with van der Waals surface area (Å²) < 4.78 is 0. The van der Waals surface area contributed by atoms with E-state index in [1.54, 1.807) is 20.0 Å². The van der Waals surface area contributed by atoms with Gasteiger partial charge in [-0.15, -0.1) is 0 Å². The van der Waals surface area contributed by atoms with Crippen molar-refractivity contribution in [2.24, 2.45) is 0 Å². The number of anilines is 1. The molecular formula is C10H13N7O. The number of carbonyl (C=O) groups is 1. The number of nitrogens with one attached hydrogen (secondary N) is 3.